The molecular formula is C10H17N5OS. The van der Waals surface area contributed by atoms with E-state index in [-0.39, 0.29) is 5.91 Å². The molecule has 17 heavy (non-hydrogen) atoms. The van der Waals surface area contributed by atoms with Gasteiger partial charge in [-0.1, -0.05) is 11.8 Å². The standard InChI is InChI=1S/C10H17N5OS/c1-11-7-6-8(15-10(14-7)17-3)13-5-4-9(16)12-2/h6H,4-5H2,1-3H3,(H,12,16)(H2,11,13,14,15). The second-order valence-corrected chi connectivity index (χ2v) is 4.00. The van der Waals surface area contributed by atoms with E-state index < -0.39 is 0 Å². The van der Waals surface area contributed by atoms with E-state index in [0.717, 1.165) is 11.6 Å². The van der Waals surface area contributed by atoms with Crippen LogP contribution in [-0.2, 0) is 4.79 Å². The van der Waals surface area contributed by atoms with E-state index in [9.17, 15) is 4.79 Å². The Morgan fingerprint density at radius 2 is 2.06 bits per heavy atom. The van der Waals surface area contributed by atoms with Gasteiger partial charge in [0.15, 0.2) is 5.16 Å². The summed E-state index contributed by atoms with van der Waals surface area (Å²) >= 11 is 1.48. The lowest BCUT2D eigenvalue weighted by atomic mass is 10.4. The van der Waals surface area contributed by atoms with Gasteiger partial charge >= 0.3 is 0 Å². The van der Waals surface area contributed by atoms with Gasteiger partial charge in [-0.2, -0.15) is 0 Å². The summed E-state index contributed by atoms with van der Waals surface area (Å²) in [4.78, 5) is 19.6. The molecule has 0 saturated carbocycles. The zero-order chi connectivity index (χ0) is 12.7. The number of thioether (sulfide) groups is 1. The van der Waals surface area contributed by atoms with E-state index in [2.05, 4.69) is 25.9 Å². The second-order valence-electron chi connectivity index (χ2n) is 3.23. The molecular weight excluding hydrogens is 238 g/mol. The van der Waals surface area contributed by atoms with Gasteiger partial charge in [-0.3, -0.25) is 4.79 Å². The quantitative estimate of drug-likeness (QED) is 0.515. The van der Waals surface area contributed by atoms with Gasteiger partial charge < -0.3 is 16.0 Å². The number of carbonyl (C=O) groups is 1. The van der Waals surface area contributed by atoms with Crippen LogP contribution >= 0.6 is 11.8 Å². The molecule has 1 rings (SSSR count). The number of nitrogens with zero attached hydrogens (tertiary/aromatic N) is 2. The number of carbonyl (C=O) groups excluding carboxylic acids is 1. The normalized spacial score (nSPS) is 9.82. The van der Waals surface area contributed by atoms with Gasteiger partial charge in [0.25, 0.3) is 0 Å². The molecule has 0 unspecified atom stereocenters. The summed E-state index contributed by atoms with van der Waals surface area (Å²) in [5.74, 6) is 1.48. The van der Waals surface area contributed by atoms with Gasteiger partial charge in [0.05, 0.1) is 0 Å². The Hall–Kier alpha value is -1.50. The van der Waals surface area contributed by atoms with Crippen molar-refractivity contribution in [1.29, 1.82) is 0 Å². The Labute approximate surface area is 105 Å². The topological polar surface area (TPSA) is 78.9 Å². The van der Waals surface area contributed by atoms with E-state index >= 15 is 0 Å². The van der Waals surface area contributed by atoms with Crippen molar-refractivity contribution in [2.75, 3.05) is 37.5 Å². The van der Waals surface area contributed by atoms with Crippen molar-refractivity contribution in [1.82, 2.24) is 15.3 Å². The van der Waals surface area contributed by atoms with Crippen LogP contribution in [0.2, 0.25) is 0 Å². The highest BCUT2D eigenvalue weighted by atomic mass is 32.2. The maximum Gasteiger partial charge on any atom is 0.221 e. The van der Waals surface area contributed by atoms with Gasteiger partial charge in [-0.05, 0) is 6.26 Å². The molecule has 7 heteroatoms. The Morgan fingerprint density at radius 1 is 1.35 bits per heavy atom. The molecule has 1 heterocycles. The minimum Gasteiger partial charge on any atom is -0.373 e. The van der Waals surface area contributed by atoms with Crippen molar-refractivity contribution in [3.63, 3.8) is 0 Å². The zero-order valence-corrected chi connectivity index (χ0v) is 11.0. The summed E-state index contributed by atoms with van der Waals surface area (Å²) in [6.07, 6.45) is 2.34. The fourth-order valence-electron chi connectivity index (χ4n) is 1.16. The third-order valence-electron chi connectivity index (χ3n) is 2.08. The maximum atomic E-state index is 11.0. The number of hydrogen-bond donors (Lipinski definition) is 3. The van der Waals surface area contributed by atoms with E-state index in [4.69, 9.17) is 0 Å². The molecule has 0 aliphatic rings. The zero-order valence-electron chi connectivity index (χ0n) is 10.2. The smallest absolute Gasteiger partial charge is 0.221 e. The highest BCUT2D eigenvalue weighted by molar-refractivity contribution is 7.98. The van der Waals surface area contributed by atoms with E-state index in [1.807, 2.05) is 12.3 Å². The van der Waals surface area contributed by atoms with Crippen molar-refractivity contribution in [3.8, 4) is 0 Å². The van der Waals surface area contributed by atoms with Crippen LogP contribution in [0.1, 0.15) is 6.42 Å². The average Bonchev–Trinajstić information content (AvgIpc) is 2.37. The molecule has 0 atom stereocenters. The predicted octanol–water partition coefficient (Wildman–Crippen LogP) is 0.788. The Morgan fingerprint density at radius 3 is 2.65 bits per heavy atom. The SMILES string of the molecule is CNC(=O)CCNc1cc(NC)nc(SC)n1. The molecule has 1 aromatic heterocycles. The first kappa shape index (κ1) is 13.6. The van der Waals surface area contributed by atoms with Crippen molar-refractivity contribution < 1.29 is 4.79 Å². The first-order valence-electron chi connectivity index (χ1n) is 5.25. The number of rotatable bonds is 6. The third-order valence-corrected chi connectivity index (χ3v) is 2.63. The molecule has 0 bridgehead atoms. The molecule has 94 valence electrons. The molecule has 0 aliphatic heterocycles. The Balaban J connectivity index is 2.60. The van der Waals surface area contributed by atoms with Crippen molar-refractivity contribution in [2.45, 2.75) is 11.6 Å². The maximum absolute atomic E-state index is 11.0. The minimum absolute atomic E-state index is 0.00508. The lowest BCUT2D eigenvalue weighted by Crippen LogP contribution is -2.21. The second kappa shape index (κ2) is 6.95. The molecule has 0 radical (unpaired) electrons. The summed E-state index contributed by atoms with van der Waals surface area (Å²) < 4.78 is 0. The summed E-state index contributed by atoms with van der Waals surface area (Å²) in [6.45, 7) is 0.549. The lowest BCUT2D eigenvalue weighted by molar-refractivity contribution is -0.120. The van der Waals surface area contributed by atoms with Gasteiger partial charge in [0, 0.05) is 33.1 Å². The van der Waals surface area contributed by atoms with Crippen LogP contribution in [-0.4, -0.2) is 42.8 Å². The lowest BCUT2D eigenvalue weighted by Gasteiger charge is -2.08. The van der Waals surface area contributed by atoms with Crippen LogP contribution in [0.15, 0.2) is 11.2 Å². The first-order chi connectivity index (χ1) is 8.19. The van der Waals surface area contributed by atoms with Crippen LogP contribution in [0.5, 0.6) is 0 Å². The predicted molar refractivity (Wildman–Crippen MR) is 70.5 cm³/mol. The van der Waals surface area contributed by atoms with E-state index in [1.54, 1.807) is 14.1 Å². The van der Waals surface area contributed by atoms with Crippen molar-refractivity contribution >= 4 is 29.3 Å². The number of anilines is 2. The average molecular weight is 255 g/mol. The van der Waals surface area contributed by atoms with Crippen LogP contribution in [0, 0.1) is 0 Å². The summed E-state index contributed by atoms with van der Waals surface area (Å²) in [5, 5.41) is 9.32. The number of nitrogens with one attached hydrogen (secondary N) is 3. The molecule has 0 fully saturated rings. The molecule has 1 aromatic rings. The van der Waals surface area contributed by atoms with Crippen LogP contribution in [0.25, 0.3) is 0 Å². The first-order valence-corrected chi connectivity index (χ1v) is 6.47. The largest absolute Gasteiger partial charge is 0.373 e. The molecule has 3 N–H and O–H groups in total. The molecule has 0 aromatic carbocycles. The molecule has 0 spiro atoms. The van der Waals surface area contributed by atoms with Crippen LogP contribution < -0.4 is 16.0 Å². The monoisotopic (exact) mass is 255 g/mol. The van der Waals surface area contributed by atoms with Gasteiger partial charge in [-0.25, -0.2) is 9.97 Å². The van der Waals surface area contributed by atoms with E-state index in [0.29, 0.717) is 18.1 Å². The fourth-order valence-corrected chi connectivity index (χ4v) is 1.54. The number of aromatic nitrogens is 2. The summed E-state index contributed by atoms with van der Waals surface area (Å²) in [6, 6.07) is 1.81. The molecule has 1 amide bonds. The van der Waals surface area contributed by atoms with Crippen molar-refractivity contribution in [2.24, 2.45) is 0 Å². The molecule has 6 nitrogen and oxygen atoms in total. The third kappa shape index (κ3) is 4.48. The van der Waals surface area contributed by atoms with Gasteiger partial charge in [0.1, 0.15) is 11.6 Å². The van der Waals surface area contributed by atoms with Crippen LogP contribution in [0.4, 0.5) is 11.6 Å². The highest BCUT2D eigenvalue weighted by Gasteiger charge is 2.03. The summed E-state index contributed by atoms with van der Waals surface area (Å²) in [7, 11) is 3.43. The fraction of sp³-hybridized carbons (Fsp3) is 0.500. The number of amides is 1. The number of hydrogen-bond acceptors (Lipinski definition) is 6. The van der Waals surface area contributed by atoms with Gasteiger partial charge in [0.2, 0.25) is 5.91 Å². The van der Waals surface area contributed by atoms with Crippen LogP contribution in [0.3, 0.4) is 0 Å². The molecule has 0 aliphatic carbocycles. The van der Waals surface area contributed by atoms with E-state index in [1.165, 1.54) is 11.8 Å². The van der Waals surface area contributed by atoms with Crippen molar-refractivity contribution in [3.05, 3.63) is 6.07 Å². The highest BCUT2D eigenvalue weighted by Crippen LogP contribution is 2.16. The van der Waals surface area contributed by atoms with Gasteiger partial charge in [-0.15, -0.1) is 0 Å². The Bertz CT molecular complexity index is 363. The minimum atomic E-state index is 0.00508. The molecule has 0 saturated heterocycles. The Kier molecular flexibility index (Phi) is 5.55. The summed E-state index contributed by atoms with van der Waals surface area (Å²) in [5.41, 5.74) is 0.